The predicted molar refractivity (Wildman–Crippen MR) is 164 cm³/mol. The van der Waals surface area contributed by atoms with E-state index in [4.69, 9.17) is 0 Å². The zero-order valence-electron chi connectivity index (χ0n) is 22.9. The number of rotatable bonds is 13. The highest BCUT2D eigenvalue weighted by Gasteiger charge is 2.69. The molecule has 2 N–H and O–H groups in total. The van der Waals surface area contributed by atoms with E-state index in [-0.39, 0.29) is 22.4 Å². The first kappa shape index (κ1) is 30.6. The Balaban J connectivity index is 1.29. The van der Waals surface area contributed by atoms with Crippen molar-refractivity contribution < 1.29 is 29.5 Å². The molecule has 3 aliphatic rings. The number of carbonyl (C=O) groups is 3. The molecule has 42 heavy (non-hydrogen) atoms. The van der Waals surface area contributed by atoms with E-state index in [0.717, 1.165) is 18.5 Å². The van der Waals surface area contributed by atoms with Gasteiger partial charge in [-0.05, 0) is 24.9 Å². The van der Waals surface area contributed by atoms with Crippen LogP contribution in [0.1, 0.15) is 42.1 Å². The summed E-state index contributed by atoms with van der Waals surface area (Å²) in [6.45, 7) is 3.89. The van der Waals surface area contributed by atoms with Gasteiger partial charge in [0.2, 0.25) is 5.91 Å². The smallest absolute Gasteiger partial charge is 0.354 e. The third-order valence-corrected chi connectivity index (χ3v) is 12.4. The molecular weight excluding hydrogens is 599 g/mol. The molecule has 0 saturated carbocycles. The van der Waals surface area contributed by atoms with Gasteiger partial charge in [0.05, 0.1) is 15.3 Å². The summed E-state index contributed by atoms with van der Waals surface area (Å²) in [5.74, 6) is -1.92. The van der Waals surface area contributed by atoms with E-state index < -0.39 is 33.0 Å². The SMILES string of the molecule is CC[C@H](O)[C@@H]1C(=O)N2C(C(=O)O)=C(SC3CCN(CCC(=O)c4ccccc4)C3)S[C@]12SCc1ccc([N+](=O)[O-])cc1. The summed E-state index contributed by atoms with van der Waals surface area (Å²) in [7, 11) is 0. The van der Waals surface area contributed by atoms with E-state index in [9.17, 15) is 34.7 Å². The molecule has 0 radical (unpaired) electrons. The Labute approximate surface area is 256 Å². The summed E-state index contributed by atoms with van der Waals surface area (Å²) in [4.78, 5) is 52.5. The van der Waals surface area contributed by atoms with E-state index in [1.165, 1.54) is 52.3 Å². The molecule has 1 amide bonds. The second-order valence-corrected chi connectivity index (χ2v) is 14.6. The molecule has 0 aromatic heterocycles. The van der Waals surface area contributed by atoms with E-state index in [0.29, 0.717) is 41.5 Å². The van der Waals surface area contributed by atoms with Crippen molar-refractivity contribution in [1.29, 1.82) is 0 Å². The monoisotopic (exact) mass is 629 g/mol. The van der Waals surface area contributed by atoms with E-state index in [1.807, 2.05) is 30.3 Å². The van der Waals surface area contributed by atoms with Crippen LogP contribution >= 0.6 is 35.3 Å². The van der Waals surface area contributed by atoms with Crippen LogP contribution in [0.5, 0.6) is 0 Å². The van der Waals surface area contributed by atoms with Crippen LogP contribution in [0, 0.1) is 16.0 Å². The summed E-state index contributed by atoms with van der Waals surface area (Å²) in [6.07, 6.45) is 0.628. The lowest BCUT2D eigenvalue weighted by Gasteiger charge is -2.53. The van der Waals surface area contributed by atoms with E-state index in [1.54, 1.807) is 19.1 Å². The molecule has 13 heteroatoms. The number of nitro groups is 1. The molecule has 0 aliphatic carbocycles. The Bertz CT molecular complexity index is 1400. The average molecular weight is 630 g/mol. The maximum Gasteiger partial charge on any atom is 0.354 e. The number of carboxylic acid groups (broad SMARTS) is 1. The third-order valence-electron chi connectivity index (χ3n) is 7.70. The van der Waals surface area contributed by atoms with Crippen molar-refractivity contribution in [1.82, 2.24) is 9.80 Å². The van der Waals surface area contributed by atoms with Crippen LogP contribution in [0.2, 0.25) is 0 Å². The zero-order chi connectivity index (χ0) is 30.0. The van der Waals surface area contributed by atoms with Gasteiger partial charge in [0, 0.05) is 48.2 Å². The second-order valence-electron chi connectivity index (χ2n) is 10.4. The number of hydrogen-bond donors (Lipinski definition) is 2. The molecule has 2 saturated heterocycles. The predicted octanol–water partition coefficient (Wildman–Crippen LogP) is 4.79. The highest BCUT2D eigenvalue weighted by Crippen LogP contribution is 2.67. The number of nitrogens with zero attached hydrogens (tertiary/aromatic N) is 3. The van der Waals surface area contributed by atoms with E-state index in [2.05, 4.69) is 4.90 Å². The number of likely N-dealkylation sites (tertiary alicyclic amines) is 1. The first-order valence-corrected chi connectivity index (χ1v) is 16.4. The number of benzene rings is 2. The summed E-state index contributed by atoms with van der Waals surface area (Å²) in [6, 6.07) is 15.3. The number of ketones is 1. The van der Waals surface area contributed by atoms with Gasteiger partial charge in [-0.25, -0.2) is 4.79 Å². The first-order valence-electron chi connectivity index (χ1n) is 13.7. The average Bonchev–Trinajstić information content (AvgIpc) is 3.55. The number of nitro benzene ring substituents is 1. The van der Waals surface area contributed by atoms with Crippen LogP contribution in [0.4, 0.5) is 5.69 Å². The van der Waals surface area contributed by atoms with Gasteiger partial charge < -0.3 is 15.1 Å². The Hall–Kier alpha value is -2.84. The Morgan fingerprint density at radius 1 is 1.19 bits per heavy atom. The van der Waals surface area contributed by atoms with Crippen molar-refractivity contribution >= 4 is 58.6 Å². The Morgan fingerprint density at radius 3 is 2.55 bits per heavy atom. The fourth-order valence-electron chi connectivity index (χ4n) is 5.44. The number of aliphatic hydroxyl groups excluding tert-OH is 1. The molecule has 10 nitrogen and oxygen atoms in total. The molecule has 3 heterocycles. The Morgan fingerprint density at radius 2 is 1.90 bits per heavy atom. The van der Waals surface area contributed by atoms with E-state index >= 15 is 0 Å². The van der Waals surface area contributed by atoms with Gasteiger partial charge in [0.1, 0.15) is 5.92 Å². The van der Waals surface area contributed by atoms with Crippen molar-refractivity contribution in [3.63, 3.8) is 0 Å². The zero-order valence-corrected chi connectivity index (χ0v) is 25.3. The summed E-state index contributed by atoms with van der Waals surface area (Å²) >= 11 is 4.14. The van der Waals surface area contributed by atoms with Gasteiger partial charge in [-0.15, -0.1) is 23.5 Å². The summed E-state index contributed by atoms with van der Waals surface area (Å²) in [5, 5.41) is 32.1. The number of hydrogen-bond acceptors (Lipinski definition) is 10. The molecule has 222 valence electrons. The second kappa shape index (κ2) is 12.8. The molecule has 2 aromatic carbocycles. The lowest BCUT2D eigenvalue weighted by atomic mass is 9.89. The number of β-lactam (4-membered cyclic amide) rings is 1. The quantitative estimate of drug-likeness (QED) is 0.137. The fourth-order valence-corrected chi connectivity index (χ4v) is 10.9. The fraction of sp³-hybridized carbons (Fsp3) is 0.414. The maximum absolute atomic E-state index is 13.3. The lowest BCUT2D eigenvalue weighted by molar-refractivity contribution is -0.384. The standard InChI is InChI=1S/C29H31N3O7S3/c1-2-22(33)24-26(35)31-25(27(36)37)28(42-29(24,31)40-17-18-8-10-20(11-9-18)32(38)39)41-21-12-14-30(16-21)15-13-23(34)19-6-4-3-5-7-19/h3-11,21-22,24,33H,2,12-17H2,1H3,(H,36,37)/t21?,22-,24+,29+/m0/s1. The highest BCUT2D eigenvalue weighted by atomic mass is 32.2. The van der Waals surface area contributed by atoms with Crippen LogP contribution in [0.15, 0.2) is 64.5 Å². The topological polar surface area (TPSA) is 141 Å². The van der Waals surface area contributed by atoms with Crippen molar-refractivity contribution in [3.05, 3.63) is 85.8 Å². The number of aliphatic carboxylic acids is 1. The van der Waals surface area contributed by atoms with Crippen LogP contribution in [0.3, 0.4) is 0 Å². The number of non-ortho nitro benzene ring substituents is 1. The van der Waals surface area contributed by atoms with Crippen LogP contribution in [-0.2, 0) is 15.3 Å². The van der Waals surface area contributed by atoms with Crippen molar-refractivity contribution in [3.8, 4) is 0 Å². The molecule has 2 aromatic rings. The number of fused-ring (bicyclic) bond motifs is 1. The van der Waals surface area contributed by atoms with Crippen LogP contribution in [-0.4, -0.2) is 77.8 Å². The number of Topliss-reactive ketones (excluding diaryl/α,β-unsaturated/α-hetero) is 1. The van der Waals surface area contributed by atoms with Gasteiger partial charge in [0.15, 0.2) is 15.7 Å². The number of amides is 1. The molecular formula is C29H31N3O7S3. The first-order chi connectivity index (χ1) is 20.1. The minimum absolute atomic E-state index is 0.0274. The summed E-state index contributed by atoms with van der Waals surface area (Å²) < 4.78 is -0.477. The molecule has 5 rings (SSSR count). The minimum atomic E-state index is -1.19. The molecule has 3 aliphatic heterocycles. The third kappa shape index (κ3) is 5.98. The van der Waals surface area contributed by atoms with Crippen molar-refractivity contribution in [2.75, 3.05) is 19.6 Å². The number of thioether (sulfide) groups is 3. The lowest BCUT2D eigenvalue weighted by Crippen LogP contribution is -2.68. The number of aliphatic hydroxyl groups is 1. The minimum Gasteiger partial charge on any atom is -0.477 e. The highest BCUT2D eigenvalue weighted by molar-refractivity contribution is 8.29. The molecule has 1 unspecified atom stereocenters. The van der Waals surface area contributed by atoms with Gasteiger partial charge >= 0.3 is 5.97 Å². The molecule has 4 atom stereocenters. The maximum atomic E-state index is 13.3. The van der Waals surface area contributed by atoms with Gasteiger partial charge in [-0.2, -0.15) is 0 Å². The molecule has 2 fully saturated rings. The largest absolute Gasteiger partial charge is 0.477 e. The number of carbonyl (C=O) groups excluding carboxylic acids is 2. The van der Waals surface area contributed by atoms with Crippen LogP contribution in [0.25, 0.3) is 0 Å². The van der Waals surface area contributed by atoms with Crippen LogP contribution < -0.4 is 0 Å². The Kier molecular flexibility index (Phi) is 9.33. The van der Waals surface area contributed by atoms with Crippen molar-refractivity contribution in [2.45, 2.75) is 47.5 Å². The molecule has 0 bridgehead atoms. The van der Waals surface area contributed by atoms with Gasteiger partial charge in [-0.3, -0.25) is 24.6 Å². The van der Waals surface area contributed by atoms with Crippen molar-refractivity contribution in [2.24, 2.45) is 5.92 Å². The molecule has 0 spiro atoms. The van der Waals surface area contributed by atoms with Gasteiger partial charge in [0.25, 0.3) is 5.69 Å². The normalized spacial score (nSPS) is 24.4. The summed E-state index contributed by atoms with van der Waals surface area (Å²) in [5.41, 5.74) is 1.40. The number of carboxylic acids is 1. The van der Waals surface area contributed by atoms with Gasteiger partial charge in [-0.1, -0.05) is 61.2 Å².